The molecular weight excluding hydrogens is 192 g/mol. The lowest BCUT2D eigenvalue weighted by Crippen LogP contribution is -2.07. The third kappa shape index (κ3) is 3.72. The number of para-hydroxylation sites is 1. The fraction of sp³-hybridized carbons (Fsp3) is 0.417. The number of methoxy groups -OCH3 is 2. The number of benzene rings is 1. The van der Waals surface area contributed by atoms with Crippen LogP contribution in [0.3, 0.4) is 0 Å². The molecule has 3 heteroatoms. The number of ketones is 1. The molecule has 1 aromatic rings. The Hall–Kier alpha value is -1.35. The summed E-state index contributed by atoms with van der Waals surface area (Å²) < 4.78 is 10.0. The highest BCUT2D eigenvalue weighted by Crippen LogP contribution is 2.18. The van der Waals surface area contributed by atoms with Gasteiger partial charge in [-0.3, -0.25) is 4.79 Å². The average molecular weight is 208 g/mol. The van der Waals surface area contributed by atoms with Gasteiger partial charge in [0.05, 0.1) is 13.7 Å². The van der Waals surface area contributed by atoms with Crippen LogP contribution in [0.2, 0.25) is 0 Å². The Morgan fingerprint density at radius 3 is 2.67 bits per heavy atom. The number of carbonyl (C=O) groups excluding carboxylic acids is 1. The van der Waals surface area contributed by atoms with Crippen molar-refractivity contribution in [3.8, 4) is 5.75 Å². The summed E-state index contributed by atoms with van der Waals surface area (Å²) in [4.78, 5) is 11.5. The molecule has 0 amide bonds. The molecule has 0 aliphatic carbocycles. The summed E-state index contributed by atoms with van der Waals surface area (Å²) in [5.41, 5.74) is 0.932. The smallest absolute Gasteiger partial charge is 0.139 e. The molecule has 0 atom stereocenters. The minimum Gasteiger partial charge on any atom is -0.496 e. The predicted octanol–water partition coefficient (Wildman–Crippen LogP) is 1.84. The summed E-state index contributed by atoms with van der Waals surface area (Å²) in [5, 5.41) is 0. The van der Waals surface area contributed by atoms with E-state index in [0.29, 0.717) is 19.4 Å². The Morgan fingerprint density at radius 1 is 1.27 bits per heavy atom. The van der Waals surface area contributed by atoms with E-state index in [2.05, 4.69) is 0 Å². The van der Waals surface area contributed by atoms with Crippen molar-refractivity contribution in [1.82, 2.24) is 0 Å². The second-order valence-electron chi connectivity index (χ2n) is 3.27. The third-order valence-electron chi connectivity index (χ3n) is 2.17. The highest BCUT2D eigenvalue weighted by molar-refractivity contribution is 5.81. The molecule has 0 aliphatic heterocycles. The number of hydrogen-bond acceptors (Lipinski definition) is 3. The maximum atomic E-state index is 11.5. The molecule has 0 radical (unpaired) electrons. The predicted molar refractivity (Wildman–Crippen MR) is 58.2 cm³/mol. The van der Waals surface area contributed by atoms with E-state index in [-0.39, 0.29) is 5.78 Å². The fourth-order valence-electron chi connectivity index (χ4n) is 1.37. The minimum absolute atomic E-state index is 0.168. The molecule has 0 heterocycles. The van der Waals surface area contributed by atoms with Crippen LogP contribution < -0.4 is 4.74 Å². The molecule has 1 rings (SSSR count). The van der Waals surface area contributed by atoms with Crippen LogP contribution in [0.1, 0.15) is 12.0 Å². The number of ether oxygens (including phenoxy) is 2. The molecule has 82 valence electrons. The van der Waals surface area contributed by atoms with Gasteiger partial charge in [0.25, 0.3) is 0 Å². The Labute approximate surface area is 90.0 Å². The van der Waals surface area contributed by atoms with Crippen molar-refractivity contribution in [2.24, 2.45) is 0 Å². The van der Waals surface area contributed by atoms with E-state index in [0.717, 1.165) is 11.3 Å². The monoisotopic (exact) mass is 208 g/mol. The molecule has 0 aliphatic rings. The molecule has 0 spiro atoms. The zero-order valence-corrected chi connectivity index (χ0v) is 9.16. The van der Waals surface area contributed by atoms with Gasteiger partial charge in [-0.15, -0.1) is 0 Å². The topological polar surface area (TPSA) is 35.5 Å². The molecule has 0 unspecified atom stereocenters. The maximum Gasteiger partial charge on any atom is 0.139 e. The van der Waals surface area contributed by atoms with E-state index in [9.17, 15) is 4.79 Å². The van der Waals surface area contributed by atoms with E-state index in [1.807, 2.05) is 24.3 Å². The molecule has 0 bridgehead atoms. The summed E-state index contributed by atoms with van der Waals surface area (Å²) in [6, 6.07) is 7.56. The van der Waals surface area contributed by atoms with Gasteiger partial charge >= 0.3 is 0 Å². The van der Waals surface area contributed by atoms with Gasteiger partial charge in [-0.05, 0) is 6.07 Å². The standard InChI is InChI=1S/C12H16O3/c1-14-8-7-11(13)9-10-5-3-4-6-12(10)15-2/h3-6H,7-9H2,1-2H3. The van der Waals surface area contributed by atoms with Crippen molar-refractivity contribution < 1.29 is 14.3 Å². The van der Waals surface area contributed by atoms with Gasteiger partial charge in [0.2, 0.25) is 0 Å². The van der Waals surface area contributed by atoms with Crippen LogP contribution in [-0.4, -0.2) is 26.6 Å². The normalized spacial score (nSPS) is 10.0. The van der Waals surface area contributed by atoms with Crippen molar-refractivity contribution in [2.45, 2.75) is 12.8 Å². The first-order valence-electron chi connectivity index (χ1n) is 4.90. The van der Waals surface area contributed by atoms with Crippen molar-refractivity contribution in [1.29, 1.82) is 0 Å². The van der Waals surface area contributed by atoms with Crippen LogP contribution >= 0.6 is 0 Å². The minimum atomic E-state index is 0.168. The summed E-state index contributed by atoms with van der Waals surface area (Å²) in [6.45, 7) is 0.480. The fourth-order valence-corrected chi connectivity index (χ4v) is 1.37. The first kappa shape index (κ1) is 11.7. The zero-order valence-electron chi connectivity index (χ0n) is 9.16. The quantitative estimate of drug-likeness (QED) is 0.715. The Morgan fingerprint density at radius 2 is 2.00 bits per heavy atom. The van der Waals surface area contributed by atoms with Crippen molar-refractivity contribution >= 4 is 5.78 Å². The van der Waals surface area contributed by atoms with Gasteiger partial charge in [0, 0.05) is 25.5 Å². The van der Waals surface area contributed by atoms with E-state index >= 15 is 0 Å². The first-order valence-corrected chi connectivity index (χ1v) is 4.90. The average Bonchev–Trinajstić information content (AvgIpc) is 2.27. The second kappa shape index (κ2) is 6.19. The molecular formula is C12H16O3. The SMILES string of the molecule is COCCC(=O)Cc1ccccc1OC. The largest absolute Gasteiger partial charge is 0.496 e. The third-order valence-corrected chi connectivity index (χ3v) is 2.17. The van der Waals surface area contributed by atoms with Gasteiger partial charge in [-0.2, -0.15) is 0 Å². The van der Waals surface area contributed by atoms with Gasteiger partial charge in [0.15, 0.2) is 0 Å². The lowest BCUT2D eigenvalue weighted by Gasteiger charge is -2.06. The molecule has 0 aromatic heterocycles. The maximum absolute atomic E-state index is 11.5. The summed E-state index contributed by atoms with van der Waals surface area (Å²) in [6.07, 6.45) is 0.863. The summed E-state index contributed by atoms with van der Waals surface area (Å²) in [5.74, 6) is 0.935. The molecule has 3 nitrogen and oxygen atoms in total. The van der Waals surface area contributed by atoms with Crippen LogP contribution in [0, 0.1) is 0 Å². The Balaban J connectivity index is 2.59. The van der Waals surface area contributed by atoms with Crippen molar-refractivity contribution in [2.75, 3.05) is 20.8 Å². The van der Waals surface area contributed by atoms with Gasteiger partial charge in [-0.1, -0.05) is 18.2 Å². The lowest BCUT2D eigenvalue weighted by atomic mass is 10.1. The molecule has 1 aromatic carbocycles. The molecule has 0 fully saturated rings. The van der Waals surface area contributed by atoms with Crippen LogP contribution in [0.5, 0.6) is 5.75 Å². The van der Waals surface area contributed by atoms with Crippen LogP contribution in [0.4, 0.5) is 0 Å². The van der Waals surface area contributed by atoms with Crippen LogP contribution in [-0.2, 0) is 16.0 Å². The molecule has 0 saturated heterocycles. The van der Waals surface area contributed by atoms with Crippen LogP contribution in [0.15, 0.2) is 24.3 Å². The Bertz CT molecular complexity index is 320. The number of rotatable bonds is 6. The van der Waals surface area contributed by atoms with E-state index in [1.54, 1.807) is 14.2 Å². The van der Waals surface area contributed by atoms with Gasteiger partial charge in [0.1, 0.15) is 11.5 Å². The first-order chi connectivity index (χ1) is 7.27. The van der Waals surface area contributed by atoms with Crippen LogP contribution in [0.25, 0.3) is 0 Å². The second-order valence-corrected chi connectivity index (χ2v) is 3.27. The lowest BCUT2D eigenvalue weighted by molar-refractivity contribution is -0.119. The highest BCUT2D eigenvalue weighted by atomic mass is 16.5. The summed E-state index contributed by atoms with van der Waals surface area (Å²) in [7, 11) is 3.20. The molecule has 15 heavy (non-hydrogen) atoms. The highest BCUT2D eigenvalue weighted by Gasteiger charge is 2.07. The van der Waals surface area contributed by atoms with Gasteiger partial charge in [-0.25, -0.2) is 0 Å². The van der Waals surface area contributed by atoms with Gasteiger partial charge < -0.3 is 9.47 Å². The molecule has 0 N–H and O–H groups in total. The number of hydrogen-bond donors (Lipinski definition) is 0. The van der Waals surface area contributed by atoms with E-state index in [4.69, 9.17) is 9.47 Å². The van der Waals surface area contributed by atoms with E-state index in [1.165, 1.54) is 0 Å². The Kier molecular flexibility index (Phi) is 4.84. The zero-order chi connectivity index (χ0) is 11.1. The van der Waals surface area contributed by atoms with Crippen molar-refractivity contribution in [3.05, 3.63) is 29.8 Å². The summed E-state index contributed by atoms with van der Waals surface area (Å²) >= 11 is 0. The van der Waals surface area contributed by atoms with E-state index < -0.39 is 0 Å². The van der Waals surface area contributed by atoms with Crippen molar-refractivity contribution in [3.63, 3.8) is 0 Å². The number of Topliss-reactive ketones (excluding diaryl/α,β-unsaturated/α-hetero) is 1. The number of carbonyl (C=O) groups is 1. The molecule has 0 saturated carbocycles.